The SMILES string of the molecule is COc1cccc(/C=C/C(=O)OCC(=O)NCCCc2ccccc2)c1OC. The molecular formula is C22H25NO5. The van der Waals surface area contributed by atoms with Crippen molar-refractivity contribution in [2.45, 2.75) is 12.8 Å². The maximum atomic E-state index is 11.8. The minimum absolute atomic E-state index is 0.316. The topological polar surface area (TPSA) is 73.9 Å². The Balaban J connectivity index is 1.71. The number of hydrogen-bond acceptors (Lipinski definition) is 5. The van der Waals surface area contributed by atoms with Gasteiger partial charge in [-0.2, -0.15) is 0 Å². The molecule has 0 aliphatic carbocycles. The largest absolute Gasteiger partial charge is 0.493 e. The monoisotopic (exact) mass is 383 g/mol. The molecule has 0 unspecified atom stereocenters. The normalized spacial score (nSPS) is 10.5. The third-order valence-corrected chi connectivity index (χ3v) is 3.99. The van der Waals surface area contributed by atoms with Gasteiger partial charge < -0.3 is 19.5 Å². The van der Waals surface area contributed by atoms with Crippen molar-refractivity contribution in [2.24, 2.45) is 0 Å². The van der Waals surface area contributed by atoms with Gasteiger partial charge in [-0.3, -0.25) is 4.79 Å². The van der Waals surface area contributed by atoms with Gasteiger partial charge in [0.1, 0.15) is 0 Å². The second-order valence-corrected chi connectivity index (χ2v) is 5.96. The van der Waals surface area contributed by atoms with E-state index in [1.54, 1.807) is 24.3 Å². The van der Waals surface area contributed by atoms with E-state index in [4.69, 9.17) is 14.2 Å². The molecule has 0 saturated heterocycles. The molecule has 6 nitrogen and oxygen atoms in total. The number of carbonyl (C=O) groups excluding carboxylic acids is 2. The lowest BCUT2D eigenvalue weighted by molar-refractivity contribution is -0.143. The summed E-state index contributed by atoms with van der Waals surface area (Å²) in [4.78, 5) is 23.6. The van der Waals surface area contributed by atoms with Gasteiger partial charge in [-0.1, -0.05) is 42.5 Å². The summed E-state index contributed by atoms with van der Waals surface area (Å²) in [5.41, 5.74) is 1.89. The number of benzene rings is 2. The number of aryl methyl sites for hydroxylation is 1. The van der Waals surface area contributed by atoms with E-state index in [1.807, 2.05) is 30.3 Å². The summed E-state index contributed by atoms with van der Waals surface area (Å²) >= 11 is 0. The molecule has 0 aliphatic heterocycles. The molecule has 2 rings (SSSR count). The fourth-order valence-electron chi connectivity index (χ4n) is 2.60. The number of hydrogen-bond donors (Lipinski definition) is 1. The lowest BCUT2D eigenvalue weighted by Crippen LogP contribution is -2.29. The second kappa shape index (κ2) is 11.4. The zero-order chi connectivity index (χ0) is 20.2. The molecule has 0 saturated carbocycles. The maximum Gasteiger partial charge on any atom is 0.331 e. The molecule has 0 fully saturated rings. The zero-order valence-corrected chi connectivity index (χ0v) is 16.1. The van der Waals surface area contributed by atoms with E-state index in [-0.39, 0.29) is 12.5 Å². The Bertz CT molecular complexity index is 802. The van der Waals surface area contributed by atoms with E-state index in [1.165, 1.54) is 25.9 Å². The molecule has 0 aromatic heterocycles. The van der Waals surface area contributed by atoms with Crippen molar-refractivity contribution in [3.05, 3.63) is 65.7 Å². The summed E-state index contributed by atoms with van der Waals surface area (Å²) < 4.78 is 15.5. The van der Waals surface area contributed by atoms with Crippen molar-refractivity contribution in [2.75, 3.05) is 27.4 Å². The van der Waals surface area contributed by atoms with Crippen LogP contribution in [0.1, 0.15) is 17.5 Å². The Hall–Kier alpha value is -3.28. The molecule has 2 aromatic rings. The van der Waals surface area contributed by atoms with E-state index >= 15 is 0 Å². The minimum Gasteiger partial charge on any atom is -0.493 e. The van der Waals surface area contributed by atoms with E-state index < -0.39 is 5.97 Å². The Kier molecular flexibility index (Phi) is 8.59. The molecule has 2 aromatic carbocycles. The smallest absolute Gasteiger partial charge is 0.331 e. The molecule has 1 amide bonds. The zero-order valence-electron chi connectivity index (χ0n) is 16.1. The number of carbonyl (C=O) groups is 2. The van der Waals surface area contributed by atoms with Crippen molar-refractivity contribution < 1.29 is 23.8 Å². The van der Waals surface area contributed by atoms with Crippen LogP contribution >= 0.6 is 0 Å². The summed E-state index contributed by atoms with van der Waals surface area (Å²) in [6.45, 7) is 0.214. The standard InChI is InChI=1S/C22H25NO5/c1-26-19-12-6-11-18(22(19)27-2)13-14-21(25)28-16-20(24)23-15-7-10-17-8-4-3-5-9-17/h3-6,8-9,11-14H,7,10,15-16H2,1-2H3,(H,23,24)/b14-13+. The van der Waals surface area contributed by atoms with Crippen LogP contribution in [0.4, 0.5) is 0 Å². The molecule has 148 valence electrons. The molecular weight excluding hydrogens is 358 g/mol. The van der Waals surface area contributed by atoms with Crippen molar-refractivity contribution in [3.63, 3.8) is 0 Å². The second-order valence-electron chi connectivity index (χ2n) is 5.96. The molecule has 1 N–H and O–H groups in total. The van der Waals surface area contributed by atoms with Crippen LogP contribution in [0.25, 0.3) is 6.08 Å². The number of ether oxygens (including phenoxy) is 3. The summed E-state index contributed by atoms with van der Waals surface area (Å²) in [6, 6.07) is 15.4. The van der Waals surface area contributed by atoms with E-state index in [0.717, 1.165) is 12.8 Å². The van der Waals surface area contributed by atoms with Crippen LogP contribution in [0.5, 0.6) is 11.5 Å². The van der Waals surface area contributed by atoms with Crippen LogP contribution in [-0.2, 0) is 20.7 Å². The average Bonchev–Trinajstić information content (AvgIpc) is 2.74. The highest BCUT2D eigenvalue weighted by Gasteiger charge is 2.08. The lowest BCUT2D eigenvalue weighted by atomic mass is 10.1. The van der Waals surface area contributed by atoms with Gasteiger partial charge in [0, 0.05) is 18.2 Å². The van der Waals surface area contributed by atoms with E-state index in [2.05, 4.69) is 5.32 Å². The van der Waals surface area contributed by atoms with E-state index in [9.17, 15) is 9.59 Å². The molecule has 0 bridgehead atoms. The van der Waals surface area contributed by atoms with Crippen LogP contribution in [0, 0.1) is 0 Å². The molecule has 6 heteroatoms. The lowest BCUT2D eigenvalue weighted by Gasteiger charge is -2.09. The Labute approximate surface area is 165 Å². The van der Waals surface area contributed by atoms with Crippen LogP contribution in [0.15, 0.2) is 54.6 Å². The first-order valence-electron chi connectivity index (χ1n) is 9.00. The highest BCUT2D eigenvalue weighted by molar-refractivity contribution is 5.89. The Morgan fingerprint density at radius 1 is 1.00 bits per heavy atom. The number of esters is 1. The number of para-hydroxylation sites is 1. The van der Waals surface area contributed by atoms with Crippen molar-refractivity contribution in [1.82, 2.24) is 5.32 Å². The predicted molar refractivity (Wildman–Crippen MR) is 107 cm³/mol. The third kappa shape index (κ3) is 6.79. The van der Waals surface area contributed by atoms with Gasteiger partial charge in [0.25, 0.3) is 5.91 Å². The first kappa shape index (κ1) is 21.0. The quantitative estimate of drug-likeness (QED) is 0.388. The van der Waals surface area contributed by atoms with Gasteiger partial charge in [0.15, 0.2) is 18.1 Å². The summed E-state index contributed by atoms with van der Waals surface area (Å²) in [5.74, 6) is 0.149. The van der Waals surface area contributed by atoms with Gasteiger partial charge in [-0.05, 0) is 30.5 Å². The first-order chi connectivity index (χ1) is 13.6. The predicted octanol–water partition coefficient (Wildman–Crippen LogP) is 3.01. The summed E-state index contributed by atoms with van der Waals surface area (Å²) in [5, 5.41) is 2.74. The van der Waals surface area contributed by atoms with Crippen LogP contribution in [0.3, 0.4) is 0 Å². The van der Waals surface area contributed by atoms with Gasteiger partial charge in [-0.25, -0.2) is 4.79 Å². The van der Waals surface area contributed by atoms with Gasteiger partial charge in [-0.15, -0.1) is 0 Å². The Morgan fingerprint density at radius 2 is 1.79 bits per heavy atom. The van der Waals surface area contributed by atoms with Crippen LogP contribution in [0.2, 0.25) is 0 Å². The number of rotatable bonds is 10. The first-order valence-corrected chi connectivity index (χ1v) is 9.00. The maximum absolute atomic E-state index is 11.8. The molecule has 0 radical (unpaired) electrons. The highest BCUT2D eigenvalue weighted by Crippen LogP contribution is 2.31. The van der Waals surface area contributed by atoms with Crippen LogP contribution < -0.4 is 14.8 Å². The van der Waals surface area contributed by atoms with Crippen molar-refractivity contribution in [1.29, 1.82) is 0 Å². The van der Waals surface area contributed by atoms with E-state index in [0.29, 0.717) is 23.6 Å². The number of nitrogens with one attached hydrogen (secondary N) is 1. The molecule has 0 atom stereocenters. The highest BCUT2D eigenvalue weighted by atomic mass is 16.5. The van der Waals surface area contributed by atoms with Crippen molar-refractivity contribution >= 4 is 18.0 Å². The van der Waals surface area contributed by atoms with Gasteiger partial charge >= 0.3 is 5.97 Å². The molecule has 0 spiro atoms. The molecule has 28 heavy (non-hydrogen) atoms. The fraction of sp³-hybridized carbons (Fsp3) is 0.273. The average molecular weight is 383 g/mol. The molecule has 0 aliphatic rings. The fourth-order valence-corrected chi connectivity index (χ4v) is 2.60. The van der Waals surface area contributed by atoms with Crippen LogP contribution in [-0.4, -0.2) is 39.2 Å². The Morgan fingerprint density at radius 3 is 2.50 bits per heavy atom. The van der Waals surface area contributed by atoms with Crippen molar-refractivity contribution in [3.8, 4) is 11.5 Å². The summed E-state index contributed by atoms with van der Waals surface area (Å²) in [7, 11) is 3.06. The third-order valence-electron chi connectivity index (χ3n) is 3.99. The molecule has 0 heterocycles. The summed E-state index contributed by atoms with van der Waals surface area (Å²) in [6.07, 6.45) is 4.51. The number of methoxy groups -OCH3 is 2. The van der Waals surface area contributed by atoms with Gasteiger partial charge in [0.05, 0.1) is 14.2 Å². The van der Waals surface area contributed by atoms with Gasteiger partial charge in [0.2, 0.25) is 0 Å². The number of amides is 1. The minimum atomic E-state index is -0.607.